The van der Waals surface area contributed by atoms with Crippen molar-refractivity contribution in [2.45, 2.75) is 44.2 Å². The van der Waals surface area contributed by atoms with Gasteiger partial charge in [-0.2, -0.15) is 0 Å². The molecular weight excluding hydrogens is 378 g/mol. The van der Waals surface area contributed by atoms with E-state index >= 15 is 0 Å². The molecule has 156 valence electrons. The Labute approximate surface area is 176 Å². The van der Waals surface area contributed by atoms with Gasteiger partial charge in [0.25, 0.3) is 5.91 Å². The van der Waals surface area contributed by atoms with Crippen molar-refractivity contribution in [1.82, 2.24) is 14.8 Å². The summed E-state index contributed by atoms with van der Waals surface area (Å²) < 4.78 is 0. The van der Waals surface area contributed by atoms with Crippen molar-refractivity contribution in [2.75, 3.05) is 13.1 Å². The van der Waals surface area contributed by atoms with Crippen LogP contribution in [-0.4, -0.2) is 56.9 Å². The average Bonchev–Trinajstić information content (AvgIpc) is 2.77. The molecule has 3 fully saturated rings. The predicted octanol–water partition coefficient (Wildman–Crippen LogP) is 2.87. The molecule has 2 bridgehead atoms. The summed E-state index contributed by atoms with van der Waals surface area (Å²) in [6.07, 6.45) is 7.34. The summed E-state index contributed by atoms with van der Waals surface area (Å²) >= 11 is 0. The molecule has 0 saturated carbocycles. The molecule has 6 nitrogen and oxygen atoms in total. The highest BCUT2D eigenvalue weighted by Gasteiger charge is 2.49. The second-order valence-electron chi connectivity index (χ2n) is 8.92. The second kappa shape index (κ2) is 7.74. The monoisotopic (exact) mass is 405 g/mol. The zero-order valence-corrected chi connectivity index (χ0v) is 17.0. The van der Waals surface area contributed by atoms with Crippen LogP contribution in [-0.2, 0) is 11.2 Å². The summed E-state index contributed by atoms with van der Waals surface area (Å²) in [5.41, 5.74) is 1.66. The van der Waals surface area contributed by atoms with Crippen molar-refractivity contribution in [3.8, 4) is 5.75 Å². The smallest absolute Gasteiger partial charge is 0.255 e. The lowest BCUT2D eigenvalue weighted by Crippen LogP contribution is -2.66. The highest BCUT2D eigenvalue weighted by molar-refractivity contribution is 5.94. The largest absolute Gasteiger partial charge is 0.506 e. The van der Waals surface area contributed by atoms with Gasteiger partial charge < -0.3 is 14.9 Å². The minimum atomic E-state index is -0.0813. The number of amides is 2. The minimum Gasteiger partial charge on any atom is -0.506 e. The molecule has 5 rings (SSSR count). The Morgan fingerprint density at radius 1 is 1.13 bits per heavy atom. The Morgan fingerprint density at radius 3 is 2.73 bits per heavy atom. The molecule has 2 amide bonds. The van der Waals surface area contributed by atoms with E-state index in [-0.39, 0.29) is 35.6 Å². The van der Waals surface area contributed by atoms with Crippen LogP contribution in [0.1, 0.15) is 41.6 Å². The van der Waals surface area contributed by atoms with E-state index in [0.29, 0.717) is 31.0 Å². The number of nitrogens with zero attached hydrogens (tertiary/aromatic N) is 3. The molecule has 0 radical (unpaired) electrons. The van der Waals surface area contributed by atoms with Gasteiger partial charge in [-0.05, 0) is 49.1 Å². The molecule has 0 spiro atoms. The third kappa shape index (κ3) is 3.44. The van der Waals surface area contributed by atoms with E-state index in [0.717, 1.165) is 25.7 Å². The van der Waals surface area contributed by atoms with E-state index in [1.807, 2.05) is 23.1 Å². The van der Waals surface area contributed by atoms with Gasteiger partial charge >= 0.3 is 0 Å². The fourth-order valence-corrected chi connectivity index (χ4v) is 5.79. The highest BCUT2D eigenvalue weighted by atomic mass is 16.3. The maximum Gasteiger partial charge on any atom is 0.255 e. The van der Waals surface area contributed by atoms with Crippen LogP contribution in [0.3, 0.4) is 0 Å². The highest BCUT2D eigenvalue weighted by Crippen LogP contribution is 2.42. The van der Waals surface area contributed by atoms with Crippen LogP contribution in [0.25, 0.3) is 0 Å². The van der Waals surface area contributed by atoms with Gasteiger partial charge in [0.2, 0.25) is 5.91 Å². The molecule has 4 heterocycles. The van der Waals surface area contributed by atoms with Crippen molar-refractivity contribution < 1.29 is 14.7 Å². The summed E-state index contributed by atoms with van der Waals surface area (Å²) in [6, 6.07) is 12.2. The fraction of sp³-hybridized carbons (Fsp3) is 0.458. The number of aromatic nitrogens is 1. The lowest BCUT2D eigenvalue weighted by Gasteiger charge is -2.56. The summed E-state index contributed by atoms with van der Waals surface area (Å²) in [4.78, 5) is 34.2. The molecule has 1 N–H and O–H groups in total. The Balaban J connectivity index is 1.44. The molecule has 0 unspecified atom stereocenters. The molecule has 30 heavy (non-hydrogen) atoms. The first-order chi connectivity index (χ1) is 14.6. The second-order valence-corrected chi connectivity index (χ2v) is 8.92. The normalized spacial score (nSPS) is 28.2. The van der Waals surface area contributed by atoms with E-state index < -0.39 is 0 Å². The van der Waals surface area contributed by atoms with Crippen LogP contribution in [0, 0.1) is 11.8 Å². The maximum atomic E-state index is 13.2. The zero-order chi connectivity index (χ0) is 20.7. The number of rotatable bonds is 3. The summed E-state index contributed by atoms with van der Waals surface area (Å²) in [5.74, 6) is 0.774. The molecule has 0 aliphatic carbocycles. The Kier molecular flexibility index (Phi) is 4.93. The third-order valence-electron chi connectivity index (χ3n) is 7.04. The number of fused-ring (bicyclic) bond motifs is 4. The number of aromatic hydroxyl groups is 1. The topological polar surface area (TPSA) is 73.7 Å². The Hall–Kier alpha value is -2.89. The first-order valence-corrected chi connectivity index (χ1v) is 10.9. The van der Waals surface area contributed by atoms with Gasteiger partial charge in [0.1, 0.15) is 5.75 Å². The fourth-order valence-electron chi connectivity index (χ4n) is 5.79. The zero-order valence-electron chi connectivity index (χ0n) is 17.0. The number of hydrogen-bond donors (Lipinski definition) is 1. The first-order valence-electron chi connectivity index (χ1n) is 10.9. The van der Waals surface area contributed by atoms with Crippen LogP contribution in [0.5, 0.6) is 5.75 Å². The number of hydrogen-bond acceptors (Lipinski definition) is 4. The van der Waals surface area contributed by atoms with Gasteiger partial charge in [0, 0.05) is 37.8 Å². The van der Waals surface area contributed by atoms with E-state index in [2.05, 4.69) is 22.0 Å². The first kappa shape index (κ1) is 19.1. The molecule has 6 heteroatoms. The number of carbonyl (C=O) groups is 2. The molecule has 1 aromatic heterocycles. The predicted molar refractivity (Wildman–Crippen MR) is 112 cm³/mol. The average molecular weight is 405 g/mol. The minimum absolute atomic E-state index is 0.00376. The van der Waals surface area contributed by atoms with Gasteiger partial charge in [-0.1, -0.05) is 30.3 Å². The van der Waals surface area contributed by atoms with Gasteiger partial charge in [0.15, 0.2) is 0 Å². The van der Waals surface area contributed by atoms with Crippen LogP contribution < -0.4 is 0 Å². The lowest BCUT2D eigenvalue weighted by atomic mass is 9.70. The molecule has 1 aromatic carbocycles. The summed E-state index contributed by atoms with van der Waals surface area (Å²) in [6.45, 7) is 1.30. The molecule has 3 aliphatic rings. The van der Waals surface area contributed by atoms with E-state index in [4.69, 9.17) is 0 Å². The van der Waals surface area contributed by atoms with Crippen molar-refractivity contribution in [1.29, 1.82) is 0 Å². The molecule has 3 aliphatic heterocycles. The van der Waals surface area contributed by atoms with Crippen molar-refractivity contribution in [3.05, 3.63) is 59.9 Å². The third-order valence-corrected chi connectivity index (χ3v) is 7.04. The molecule has 4 atom stereocenters. The lowest BCUT2D eigenvalue weighted by molar-refractivity contribution is -0.151. The molecule has 3 saturated heterocycles. The van der Waals surface area contributed by atoms with E-state index in [9.17, 15) is 14.7 Å². The van der Waals surface area contributed by atoms with Crippen molar-refractivity contribution >= 4 is 11.8 Å². The summed E-state index contributed by atoms with van der Waals surface area (Å²) in [5, 5.41) is 9.73. The van der Waals surface area contributed by atoms with Gasteiger partial charge in [0.05, 0.1) is 11.8 Å². The quantitative estimate of drug-likeness (QED) is 0.852. The van der Waals surface area contributed by atoms with Crippen LogP contribution in [0.15, 0.2) is 48.8 Å². The SMILES string of the molecule is O=C(c1cncc(O)c1)N1C[C@H]2C[C@@H](C1)[C@H](Cc1ccccc1)N1C(=O)CCC[C@@H]21. The van der Waals surface area contributed by atoms with Gasteiger partial charge in [-0.25, -0.2) is 0 Å². The standard InChI is InChI=1S/C24H27N3O3/c28-20-11-17(12-25-13-20)24(30)26-14-18-10-19(15-26)22(9-16-5-2-1-3-6-16)27-21(18)7-4-8-23(27)29/h1-3,5-6,11-13,18-19,21-22,28H,4,7-10,14-15H2/t18-,19+,21+,22+/m1/s1. The number of piperidine rings is 3. The number of likely N-dealkylation sites (tertiary alicyclic amines) is 1. The summed E-state index contributed by atoms with van der Waals surface area (Å²) in [7, 11) is 0. The van der Waals surface area contributed by atoms with Crippen molar-refractivity contribution in [2.24, 2.45) is 11.8 Å². The van der Waals surface area contributed by atoms with E-state index in [1.54, 1.807) is 0 Å². The van der Waals surface area contributed by atoms with Gasteiger partial charge in [-0.15, -0.1) is 0 Å². The maximum absolute atomic E-state index is 13.2. The van der Waals surface area contributed by atoms with Crippen molar-refractivity contribution in [3.63, 3.8) is 0 Å². The number of carbonyl (C=O) groups excluding carboxylic acids is 2. The van der Waals surface area contributed by atoms with E-state index in [1.165, 1.54) is 24.0 Å². The van der Waals surface area contributed by atoms with Crippen LogP contribution in [0.4, 0.5) is 0 Å². The number of pyridine rings is 1. The van der Waals surface area contributed by atoms with Gasteiger partial charge in [-0.3, -0.25) is 14.6 Å². The van der Waals surface area contributed by atoms with Crippen LogP contribution in [0.2, 0.25) is 0 Å². The van der Waals surface area contributed by atoms with Crippen LogP contribution >= 0.6 is 0 Å². The molecule has 2 aromatic rings. The Bertz CT molecular complexity index is 948. The number of benzene rings is 1. The Morgan fingerprint density at radius 2 is 1.93 bits per heavy atom. The molecular formula is C24H27N3O3.